The van der Waals surface area contributed by atoms with Crippen molar-refractivity contribution >= 4 is 39.3 Å². The van der Waals surface area contributed by atoms with Crippen LogP contribution in [0.1, 0.15) is 6.42 Å². The molecule has 0 bridgehead atoms. The number of rotatable bonds is 7. The molecule has 0 radical (unpaired) electrons. The Bertz CT molecular complexity index is 1230. The first-order valence-electron chi connectivity index (χ1n) is 9.83. The number of amides is 1. The molecule has 1 heterocycles. The number of carbonyl (C=O) groups is 1. The van der Waals surface area contributed by atoms with E-state index in [0.29, 0.717) is 21.1 Å². The first-order chi connectivity index (χ1) is 15.6. The van der Waals surface area contributed by atoms with Crippen LogP contribution >= 0.6 is 27.7 Å². The summed E-state index contributed by atoms with van der Waals surface area (Å²) in [4.78, 5) is 16.9. The van der Waals surface area contributed by atoms with Crippen LogP contribution in [-0.2, 0) is 4.79 Å². The highest BCUT2D eigenvalue weighted by atomic mass is 79.9. The summed E-state index contributed by atoms with van der Waals surface area (Å²) < 4.78 is 14.5. The van der Waals surface area contributed by atoms with E-state index in [1.807, 2.05) is 60.7 Å². The second-order valence-electron chi connectivity index (χ2n) is 6.79. The lowest BCUT2D eigenvalue weighted by atomic mass is 10.0. The summed E-state index contributed by atoms with van der Waals surface area (Å²) in [7, 11) is 0. The van der Waals surface area contributed by atoms with Gasteiger partial charge in [0.25, 0.3) is 0 Å². The van der Waals surface area contributed by atoms with Gasteiger partial charge in [-0.1, -0.05) is 88.4 Å². The van der Waals surface area contributed by atoms with Crippen molar-refractivity contribution in [1.82, 2.24) is 15.2 Å². The number of hydrogen-bond acceptors (Lipinski definition) is 5. The van der Waals surface area contributed by atoms with Crippen LogP contribution < -0.4 is 5.32 Å². The molecule has 0 aliphatic rings. The third kappa shape index (κ3) is 5.57. The van der Waals surface area contributed by atoms with Gasteiger partial charge in [-0.15, -0.1) is 10.2 Å². The maximum Gasteiger partial charge on any atom is 0.225 e. The third-order valence-electron chi connectivity index (χ3n) is 4.53. The van der Waals surface area contributed by atoms with Crippen LogP contribution in [0.4, 0.5) is 10.1 Å². The Morgan fingerprint density at radius 3 is 2.22 bits per heavy atom. The fourth-order valence-electron chi connectivity index (χ4n) is 3.00. The van der Waals surface area contributed by atoms with Crippen molar-refractivity contribution in [1.29, 1.82) is 0 Å². The summed E-state index contributed by atoms with van der Waals surface area (Å²) in [5.41, 5.74) is 3.45. The lowest BCUT2D eigenvalue weighted by Gasteiger charge is -2.09. The molecule has 0 atom stereocenters. The van der Waals surface area contributed by atoms with Gasteiger partial charge in [-0.05, 0) is 18.2 Å². The number of carbonyl (C=O) groups excluding carboxylic acids is 1. The molecule has 0 saturated carbocycles. The number of anilines is 1. The van der Waals surface area contributed by atoms with Gasteiger partial charge >= 0.3 is 0 Å². The zero-order valence-electron chi connectivity index (χ0n) is 16.8. The number of benzene rings is 3. The minimum absolute atomic E-state index is 0.152. The predicted octanol–water partition coefficient (Wildman–Crippen LogP) is 6.23. The number of nitrogens with one attached hydrogen (secondary N) is 1. The number of hydrogen-bond donors (Lipinski definition) is 1. The van der Waals surface area contributed by atoms with Crippen molar-refractivity contribution in [2.45, 2.75) is 11.6 Å². The fourth-order valence-corrected chi connectivity index (χ4v) is 4.06. The highest BCUT2D eigenvalue weighted by Gasteiger charge is 2.14. The number of nitrogens with zero attached hydrogens (tertiary/aromatic N) is 3. The summed E-state index contributed by atoms with van der Waals surface area (Å²) in [6.45, 7) is 0. The molecule has 0 aliphatic heterocycles. The predicted molar refractivity (Wildman–Crippen MR) is 129 cm³/mol. The molecule has 1 amide bonds. The second-order valence-corrected chi connectivity index (χ2v) is 8.77. The summed E-state index contributed by atoms with van der Waals surface area (Å²) in [5.74, 6) is -0.335. The van der Waals surface area contributed by atoms with E-state index in [-0.39, 0.29) is 18.0 Å². The minimum atomic E-state index is -0.489. The molecular formula is C24H18BrFN4OS. The Morgan fingerprint density at radius 1 is 0.906 bits per heavy atom. The van der Waals surface area contributed by atoms with E-state index in [9.17, 15) is 9.18 Å². The molecule has 5 nitrogen and oxygen atoms in total. The van der Waals surface area contributed by atoms with Crippen LogP contribution in [0.25, 0.3) is 22.5 Å². The Labute approximate surface area is 197 Å². The van der Waals surface area contributed by atoms with Crippen molar-refractivity contribution in [3.05, 3.63) is 89.2 Å². The third-order valence-corrected chi connectivity index (χ3v) is 5.86. The second kappa shape index (κ2) is 10.5. The summed E-state index contributed by atoms with van der Waals surface area (Å²) in [5, 5.41) is 11.7. The zero-order chi connectivity index (χ0) is 22.3. The molecule has 8 heteroatoms. The molecule has 0 saturated heterocycles. The summed E-state index contributed by atoms with van der Waals surface area (Å²) in [6, 6.07) is 24.1. The number of halogens is 2. The van der Waals surface area contributed by atoms with E-state index in [2.05, 4.69) is 31.4 Å². The molecule has 0 unspecified atom stereocenters. The van der Waals surface area contributed by atoms with E-state index in [1.165, 1.54) is 23.9 Å². The molecule has 3 aromatic carbocycles. The molecule has 1 N–H and O–H groups in total. The van der Waals surface area contributed by atoms with Crippen LogP contribution in [0.15, 0.2) is 88.5 Å². The van der Waals surface area contributed by atoms with Crippen molar-refractivity contribution in [3.63, 3.8) is 0 Å². The quantitative estimate of drug-likeness (QED) is 0.299. The van der Waals surface area contributed by atoms with Gasteiger partial charge < -0.3 is 5.32 Å². The fraction of sp³-hybridized carbons (Fsp3) is 0.0833. The molecule has 4 rings (SSSR count). The van der Waals surface area contributed by atoms with Gasteiger partial charge in [0.15, 0.2) is 0 Å². The van der Waals surface area contributed by atoms with Crippen LogP contribution in [0, 0.1) is 5.82 Å². The average Bonchev–Trinajstić information content (AvgIpc) is 2.82. The van der Waals surface area contributed by atoms with Gasteiger partial charge in [0.1, 0.15) is 17.2 Å². The topological polar surface area (TPSA) is 67.8 Å². The molecule has 4 aromatic rings. The maximum absolute atomic E-state index is 13.9. The SMILES string of the molecule is O=C(CCSc1nnc(-c2ccccc2)c(-c2ccccc2)n1)Nc1ccc(Br)cc1F. The highest BCUT2D eigenvalue weighted by Crippen LogP contribution is 2.29. The first kappa shape index (κ1) is 22.1. The summed E-state index contributed by atoms with van der Waals surface area (Å²) in [6.07, 6.45) is 0.185. The van der Waals surface area contributed by atoms with Gasteiger partial charge in [-0.3, -0.25) is 4.79 Å². The minimum Gasteiger partial charge on any atom is -0.324 e. The molecule has 0 spiro atoms. The molecule has 32 heavy (non-hydrogen) atoms. The van der Waals surface area contributed by atoms with Crippen molar-refractivity contribution in [2.75, 3.05) is 11.1 Å². The van der Waals surface area contributed by atoms with Gasteiger partial charge in [-0.2, -0.15) is 0 Å². The van der Waals surface area contributed by atoms with Crippen LogP contribution in [0.5, 0.6) is 0 Å². The molecular weight excluding hydrogens is 491 g/mol. The Morgan fingerprint density at radius 2 is 1.56 bits per heavy atom. The van der Waals surface area contributed by atoms with Crippen molar-refractivity contribution in [2.24, 2.45) is 0 Å². The van der Waals surface area contributed by atoms with E-state index in [1.54, 1.807) is 6.07 Å². The number of aromatic nitrogens is 3. The Hall–Kier alpha value is -3.10. The molecule has 1 aromatic heterocycles. The first-order valence-corrected chi connectivity index (χ1v) is 11.6. The molecule has 0 fully saturated rings. The molecule has 160 valence electrons. The zero-order valence-corrected chi connectivity index (χ0v) is 19.2. The van der Waals surface area contributed by atoms with E-state index < -0.39 is 5.82 Å². The Kier molecular flexibility index (Phi) is 7.24. The van der Waals surface area contributed by atoms with E-state index in [4.69, 9.17) is 4.98 Å². The standard InChI is InChI=1S/C24H18BrFN4OS/c25-18-11-12-20(19(26)15-18)27-21(31)13-14-32-24-28-22(16-7-3-1-4-8-16)23(29-30-24)17-9-5-2-6-10-17/h1-12,15H,13-14H2,(H,27,31). The van der Waals surface area contributed by atoms with Crippen LogP contribution in [0.3, 0.4) is 0 Å². The lowest BCUT2D eigenvalue weighted by molar-refractivity contribution is -0.115. The van der Waals surface area contributed by atoms with Gasteiger partial charge in [-0.25, -0.2) is 9.37 Å². The maximum atomic E-state index is 13.9. The van der Waals surface area contributed by atoms with Crippen LogP contribution in [-0.4, -0.2) is 26.8 Å². The van der Waals surface area contributed by atoms with Gasteiger partial charge in [0.05, 0.1) is 5.69 Å². The van der Waals surface area contributed by atoms with Crippen molar-refractivity contribution < 1.29 is 9.18 Å². The molecule has 0 aliphatic carbocycles. The lowest BCUT2D eigenvalue weighted by Crippen LogP contribution is -2.13. The summed E-state index contributed by atoms with van der Waals surface area (Å²) >= 11 is 4.53. The largest absolute Gasteiger partial charge is 0.324 e. The van der Waals surface area contributed by atoms with Gasteiger partial charge in [0.2, 0.25) is 11.1 Å². The smallest absolute Gasteiger partial charge is 0.225 e. The van der Waals surface area contributed by atoms with Crippen LogP contribution in [0.2, 0.25) is 0 Å². The van der Waals surface area contributed by atoms with Gasteiger partial charge in [0, 0.05) is 27.8 Å². The normalized spacial score (nSPS) is 10.7. The van der Waals surface area contributed by atoms with E-state index >= 15 is 0 Å². The number of thioether (sulfide) groups is 1. The monoisotopic (exact) mass is 508 g/mol. The Balaban J connectivity index is 1.46. The van der Waals surface area contributed by atoms with E-state index in [0.717, 1.165) is 16.8 Å². The average molecular weight is 509 g/mol. The van der Waals surface area contributed by atoms with Crippen molar-refractivity contribution in [3.8, 4) is 22.5 Å². The highest BCUT2D eigenvalue weighted by molar-refractivity contribution is 9.10.